The van der Waals surface area contributed by atoms with Gasteiger partial charge in [0.25, 0.3) is 0 Å². The van der Waals surface area contributed by atoms with Crippen LogP contribution < -0.4 is 62.1 Å². The molecule has 0 bridgehead atoms. The molecule has 0 saturated carbocycles. The van der Waals surface area contributed by atoms with E-state index in [9.17, 15) is 91.0 Å². The van der Waals surface area contributed by atoms with Crippen LogP contribution in [-0.2, 0) is 33.5 Å². The van der Waals surface area contributed by atoms with E-state index in [0.717, 1.165) is 139 Å². The summed E-state index contributed by atoms with van der Waals surface area (Å²) in [5.74, 6) is -7.29. The Morgan fingerprint density at radius 1 is 0.391 bits per heavy atom. The largest absolute Gasteiger partial charge is 1.00 e. The van der Waals surface area contributed by atoms with Crippen LogP contribution in [0.5, 0.6) is 0 Å². The van der Waals surface area contributed by atoms with Crippen molar-refractivity contribution in [2.45, 2.75) is 128 Å². The first-order valence-electron chi connectivity index (χ1n) is 44.2. The molecule has 17 rings (SSSR count). The monoisotopic (exact) mass is 1970 g/mol. The van der Waals surface area contributed by atoms with Crippen LogP contribution in [0.4, 0.5) is 57.5 Å². The van der Waals surface area contributed by atoms with Gasteiger partial charge in [-0.05, 0) is 247 Å². The molecule has 4 unspecified atom stereocenters. The highest BCUT2D eigenvalue weighted by Crippen LogP contribution is 2.44. The van der Waals surface area contributed by atoms with Gasteiger partial charge >= 0.3 is 12.1 Å². The molecule has 9 aromatic rings. The SMILES string of the molecule is CC(C)(C)OC(=O)N1CCC(C(=O)O)CC1.Fc1cc(F)cc(C2CC=NN2)c1.O=C(C1CCNCC1)N1N=CCC1c1cc(F)cc(F)c1.O=C(C1CCNCC1)N1N=CCC1c1cc(F)cc(F)c1.O=C(C1CCNCC1)N1N=CCC1c1cc(F)cc(F)c1.O=C/C=C/c1cc(F)cc(F)c1.O=CC=P(c1ccccc1)(c1ccccc1)c1ccccc1.O=Cc1cc(F)cc(F)c1.[Cl-].[Cl-]. The number of nitrogens with zero attached hydrogens (tertiary/aromatic N) is 8. The van der Waals surface area contributed by atoms with Crippen molar-refractivity contribution in [2.75, 3.05) is 52.4 Å². The van der Waals surface area contributed by atoms with Crippen LogP contribution in [0.25, 0.3) is 6.08 Å². The van der Waals surface area contributed by atoms with Gasteiger partial charge in [0.15, 0.2) is 0 Å². The average Bonchev–Trinajstić information content (AvgIpc) is 0.963. The minimum absolute atomic E-state index is 0. The number of halogens is 14. The Labute approximate surface area is 804 Å². The molecule has 734 valence electrons. The zero-order valence-electron chi connectivity index (χ0n) is 75.5. The first kappa shape index (κ1) is 111. The number of rotatable bonds is 15. The van der Waals surface area contributed by atoms with E-state index in [1.54, 1.807) is 29.8 Å². The maximum Gasteiger partial charge on any atom is 0.410 e. The highest BCUT2D eigenvalue weighted by molar-refractivity contribution is 7.95. The number of aliphatic carboxylic acids is 1. The summed E-state index contributed by atoms with van der Waals surface area (Å²) in [6.07, 6.45) is 18.4. The Hall–Kier alpha value is -12.7. The fourth-order valence-electron chi connectivity index (χ4n) is 16.0. The molecule has 0 spiro atoms. The Bertz CT molecular complexity index is 5300. The predicted molar refractivity (Wildman–Crippen MR) is 498 cm³/mol. The van der Waals surface area contributed by atoms with Gasteiger partial charge < -0.3 is 60.9 Å². The second-order valence-corrected chi connectivity index (χ2v) is 36.7. The Kier molecular flexibility index (Phi) is 44.1. The fourth-order valence-corrected chi connectivity index (χ4v) is 19.5. The summed E-state index contributed by atoms with van der Waals surface area (Å²) in [5, 5.41) is 42.3. The minimum atomic E-state index is -2.05. The Morgan fingerprint density at radius 2 is 0.696 bits per heavy atom. The number of carbonyl (C=O) groups is 8. The van der Waals surface area contributed by atoms with E-state index in [0.29, 0.717) is 98.1 Å². The number of carbonyl (C=O) groups excluding carboxylic acids is 7. The van der Waals surface area contributed by atoms with Crippen LogP contribution in [0, 0.1) is 93.5 Å². The molecular formula is C101H105Cl2F12N12O10P-2. The number of aldehydes is 3. The molecule has 0 aromatic heterocycles. The summed E-state index contributed by atoms with van der Waals surface area (Å²) >= 11 is 0. The third kappa shape index (κ3) is 33.3. The van der Waals surface area contributed by atoms with Crippen molar-refractivity contribution in [1.29, 1.82) is 0 Å². The third-order valence-electron chi connectivity index (χ3n) is 22.5. The van der Waals surface area contributed by atoms with Crippen LogP contribution >= 0.6 is 6.89 Å². The number of benzene rings is 9. The molecule has 8 aliphatic heterocycles. The predicted octanol–water partition coefficient (Wildman–Crippen LogP) is 11.3. The van der Waals surface area contributed by atoms with Crippen LogP contribution in [0.3, 0.4) is 0 Å². The van der Waals surface area contributed by atoms with Crippen LogP contribution in [0.2, 0.25) is 0 Å². The molecule has 22 nitrogen and oxygen atoms in total. The van der Waals surface area contributed by atoms with E-state index >= 15 is 0 Å². The molecule has 8 aliphatic rings. The molecule has 138 heavy (non-hydrogen) atoms. The van der Waals surface area contributed by atoms with Gasteiger partial charge in [0.1, 0.15) is 94.3 Å². The van der Waals surface area contributed by atoms with Crippen molar-refractivity contribution in [1.82, 2.24) is 41.3 Å². The Balaban J connectivity index is 0.000000195. The molecule has 0 aliphatic carbocycles. The van der Waals surface area contributed by atoms with Gasteiger partial charge in [-0.15, -0.1) is 0 Å². The number of carboxylic acid groups (broad SMARTS) is 1. The number of hydrogen-bond acceptors (Lipinski definition) is 17. The molecule has 9 aromatic carbocycles. The minimum Gasteiger partial charge on any atom is -1.00 e. The first-order valence-corrected chi connectivity index (χ1v) is 46.0. The quantitative estimate of drug-likeness (QED) is 0.0276. The maximum absolute atomic E-state index is 13.4. The summed E-state index contributed by atoms with van der Waals surface area (Å²) in [7, 11) is 0. The van der Waals surface area contributed by atoms with Crippen LogP contribution in [-0.4, -0.2) is 162 Å². The van der Waals surface area contributed by atoms with Gasteiger partial charge in [-0.25, -0.2) is 72.5 Å². The second kappa shape index (κ2) is 55.0. The molecular weight excluding hydrogens is 1870 g/mol. The summed E-state index contributed by atoms with van der Waals surface area (Å²) in [4.78, 5) is 93.0. The van der Waals surface area contributed by atoms with Crippen molar-refractivity contribution in [3.05, 3.63) is 309 Å². The van der Waals surface area contributed by atoms with Gasteiger partial charge in [-0.1, -0.05) is 97.1 Å². The van der Waals surface area contributed by atoms with E-state index < -0.39 is 106 Å². The van der Waals surface area contributed by atoms with E-state index in [4.69, 9.17) is 9.84 Å². The topological polar surface area (TPSA) is 277 Å². The molecule has 4 saturated heterocycles. The molecule has 4 atom stereocenters. The Morgan fingerprint density at radius 3 is 0.971 bits per heavy atom. The number of piperidine rings is 4. The fraction of sp³-hybridized carbons (Fsp3) is 0.317. The highest BCUT2D eigenvalue weighted by atomic mass is 35.5. The second-order valence-electron chi connectivity index (χ2n) is 33.4. The van der Waals surface area contributed by atoms with Crippen molar-refractivity contribution in [3.63, 3.8) is 0 Å². The number of hydrogen-bond donors (Lipinski definition) is 5. The summed E-state index contributed by atoms with van der Waals surface area (Å²) in [6, 6.07) is 49.0. The molecule has 37 heteroatoms. The molecule has 0 radical (unpaired) electrons. The van der Waals surface area contributed by atoms with Gasteiger partial charge in [-0.3, -0.25) is 33.6 Å². The van der Waals surface area contributed by atoms with Crippen LogP contribution in [0.15, 0.2) is 227 Å². The molecule has 4 fully saturated rings. The lowest BCUT2D eigenvalue weighted by Crippen LogP contribution is -3.00. The number of allylic oxidation sites excluding steroid dienone is 1. The number of amides is 4. The summed E-state index contributed by atoms with van der Waals surface area (Å²) < 4.78 is 160. The lowest BCUT2D eigenvalue weighted by Gasteiger charge is -2.32. The number of likely N-dealkylation sites (tertiary alicyclic amines) is 1. The lowest BCUT2D eigenvalue weighted by atomic mass is 9.95. The van der Waals surface area contributed by atoms with Gasteiger partial charge in [0, 0.05) is 123 Å². The number of hydrazone groups is 4. The zero-order valence-corrected chi connectivity index (χ0v) is 77.9. The van der Waals surface area contributed by atoms with Gasteiger partial charge in [0.2, 0.25) is 17.7 Å². The lowest BCUT2D eigenvalue weighted by molar-refractivity contribution is -0.143. The molecule has 8 heterocycles. The maximum atomic E-state index is 13.4. The van der Waals surface area contributed by atoms with Gasteiger partial charge in [-0.2, -0.15) is 20.4 Å². The number of nitrogens with one attached hydrogen (secondary N) is 4. The highest BCUT2D eigenvalue weighted by Gasteiger charge is 2.38. The average molecular weight is 1980 g/mol. The standard InChI is InChI=1S/C20H17OP.3C15H17F2N3O.C11H19NO4.C9H8F2N2.C9H6F2O.C7H4F2O.2ClH/c21-16-17-22(18-10-4-1-5-11-18,19-12-6-2-7-13-19)20-14-8-3-9-15-20;3*16-12-7-11(8-13(17)9-12)14-3-6-19-20(14)15(21)10-1-4-18-5-2-10;1-11(2,3)16-10(15)12-6-4-8(5-7-12)9(13)14;10-7-3-6(4-8(11)5-7)9-1-2-12-13-9;10-8-4-7(2-1-3-12)5-9(11)6-8;8-6-1-5(4-10)2-7(9)3-6;;/h1-17H;3*6-10,14,18H,1-5H2;8H,4-7H2,1-3H3,(H,13,14);2-5,9,13H,1H2;1-6H;1-4H;2*1H/p-2/b;;;;;;2-1+;;;. The summed E-state index contributed by atoms with van der Waals surface area (Å²) in [5.41, 5.74) is 4.55. The van der Waals surface area contributed by atoms with Crippen molar-refractivity contribution in [2.24, 2.45) is 44.1 Å². The molecule has 5 N–H and O–H groups in total. The zero-order chi connectivity index (χ0) is 97.9. The van der Waals surface area contributed by atoms with E-state index in [1.165, 1.54) is 91.6 Å². The van der Waals surface area contributed by atoms with Crippen molar-refractivity contribution >= 4 is 108 Å². The number of ether oxygens (including phenoxy) is 1. The molecule has 4 amide bonds. The number of carboxylic acids is 1. The summed E-state index contributed by atoms with van der Waals surface area (Å²) in [6.45, 7) is 9.20. The van der Waals surface area contributed by atoms with E-state index in [2.05, 4.69) is 78.2 Å². The third-order valence-corrected chi connectivity index (χ3v) is 26.4. The van der Waals surface area contributed by atoms with Gasteiger partial charge in [0.05, 0.1) is 30.1 Å². The first-order chi connectivity index (χ1) is 65.3. The van der Waals surface area contributed by atoms with Crippen molar-refractivity contribution < 1.29 is 126 Å². The van der Waals surface area contributed by atoms with Crippen LogP contribution in [0.1, 0.15) is 160 Å². The smallest absolute Gasteiger partial charge is 0.410 e. The van der Waals surface area contributed by atoms with Crippen molar-refractivity contribution in [3.8, 4) is 0 Å². The van der Waals surface area contributed by atoms with E-state index in [1.807, 2.05) is 81.2 Å². The van der Waals surface area contributed by atoms with E-state index in [-0.39, 0.29) is 83.9 Å². The normalized spacial score (nSPS) is 17.8.